The molecule has 0 spiro atoms. The summed E-state index contributed by atoms with van der Waals surface area (Å²) in [4.78, 5) is 4.50. The molecule has 1 heterocycles. The first kappa shape index (κ1) is 12.2. The van der Waals surface area contributed by atoms with Crippen LogP contribution < -0.4 is 5.73 Å². The smallest absolute Gasteiger partial charge is 0.151 e. The number of benzene rings is 1. The van der Waals surface area contributed by atoms with Crippen LogP contribution in [0.3, 0.4) is 0 Å². The number of hydrogen-bond acceptors (Lipinski definition) is 3. The van der Waals surface area contributed by atoms with E-state index in [4.69, 9.17) is 22.7 Å². The third-order valence-electron chi connectivity index (χ3n) is 2.51. The third kappa shape index (κ3) is 2.53. The van der Waals surface area contributed by atoms with Gasteiger partial charge in [0.2, 0.25) is 0 Å². The fraction of sp³-hybridized carbons (Fsp3) is 0.167. The molecule has 0 radical (unpaired) electrons. The van der Waals surface area contributed by atoms with Gasteiger partial charge in [-0.15, -0.1) is 0 Å². The second kappa shape index (κ2) is 4.94. The van der Waals surface area contributed by atoms with E-state index in [0.29, 0.717) is 10.8 Å². The number of hydrogen-bond donors (Lipinski definition) is 2. The molecule has 0 unspecified atom stereocenters. The van der Waals surface area contributed by atoms with E-state index in [1.165, 1.54) is 11.8 Å². The van der Waals surface area contributed by atoms with Crippen molar-refractivity contribution in [3.8, 4) is 0 Å². The Kier molecular flexibility index (Phi) is 3.54. The van der Waals surface area contributed by atoms with Gasteiger partial charge in [0.05, 0.1) is 16.2 Å². The Morgan fingerprint density at radius 3 is 2.88 bits per heavy atom. The second-order valence-electron chi connectivity index (χ2n) is 3.67. The van der Waals surface area contributed by atoms with Crippen molar-refractivity contribution in [2.45, 2.75) is 12.7 Å². The van der Waals surface area contributed by atoms with Gasteiger partial charge < -0.3 is 5.73 Å². The number of nitrogens with one attached hydrogen (secondary N) is 1. The number of nitrogens with zero attached hydrogens (tertiary/aromatic N) is 1. The Balaban J connectivity index is 2.50. The fourth-order valence-electron chi connectivity index (χ4n) is 1.66. The molecule has 2 rings (SSSR count). The highest BCUT2D eigenvalue weighted by Gasteiger charge is 2.10. The van der Waals surface area contributed by atoms with Crippen molar-refractivity contribution in [3.05, 3.63) is 40.5 Å². The van der Waals surface area contributed by atoms with Gasteiger partial charge >= 0.3 is 0 Å². The summed E-state index contributed by atoms with van der Waals surface area (Å²) >= 11 is 7.50. The van der Waals surface area contributed by atoms with Crippen molar-refractivity contribution in [1.82, 2.24) is 4.98 Å². The van der Waals surface area contributed by atoms with Crippen LogP contribution in [0.4, 0.5) is 0 Å². The van der Waals surface area contributed by atoms with Gasteiger partial charge in [-0.05, 0) is 18.6 Å². The normalized spacial score (nSPS) is 10.7. The lowest BCUT2D eigenvalue weighted by Gasteiger charge is -2.09. The Morgan fingerprint density at radius 2 is 2.18 bits per heavy atom. The minimum atomic E-state index is 0.0775. The number of pyridine rings is 1. The highest BCUT2D eigenvalue weighted by Crippen LogP contribution is 2.28. The highest BCUT2D eigenvalue weighted by molar-refractivity contribution is 8.13. The summed E-state index contributed by atoms with van der Waals surface area (Å²) in [7, 11) is 0. The van der Waals surface area contributed by atoms with Crippen molar-refractivity contribution in [2.24, 2.45) is 5.73 Å². The van der Waals surface area contributed by atoms with Crippen molar-refractivity contribution < 1.29 is 0 Å². The van der Waals surface area contributed by atoms with Crippen LogP contribution in [0, 0.1) is 12.3 Å². The molecule has 0 aliphatic carbocycles. The molecule has 1 aromatic carbocycles. The lowest BCUT2D eigenvalue weighted by molar-refractivity contribution is 1.21. The van der Waals surface area contributed by atoms with Crippen molar-refractivity contribution in [3.63, 3.8) is 0 Å². The molecular weight excluding hydrogens is 254 g/mol. The topological polar surface area (TPSA) is 62.8 Å². The Hall–Kier alpha value is -1.26. The van der Waals surface area contributed by atoms with Gasteiger partial charge in [0.25, 0.3) is 0 Å². The molecular formula is C12H12ClN3S. The molecule has 3 nitrogen and oxygen atoms in total. The van der Waals surface area contributed by atoms with Gasteiger partial charge in [-0.2, -0.15) is 0 Å². The number of nitrogens with two attached hydrogens (primary N) is 1. The lowest BCUT2D eigenvalue weighted by atomic mass is 10.1. The summed E-state index contributed by atoms with van der Waals surface area (Å²) in [5, 5.41) is 9.01. The third-order valence-corrected chi connectivity index (χ3v) is 3.74. The minimum Gasteiger partial charge on any atom is -0.379 e. The van der Waals surface area contributed by atoms with Gasteiger partial charge in [-0.3, -0.25) is 10.4 Å². The van der Waals surface area contributed by atoms with Crippen molar-refractivity contribution in [1.29, 1.82) is 5.41 Å². The largest absolute Gasteiger partial charge is 0.379 e. The number of rotatable bonds is 2. The van der Waals surface area contributed by atoms with Gasteiger partial charge in [-0.25, -0.2) is 0 Å². The molecule has 2 aromatic rings. The highest BCUT2D eigenvalue weighted by atomic mass is 35.5. The zero-order valence-electron chi connectivity index (χ0n) is 9.33. The SMILES string of the molecule is Cc1c(Cl)c(CSC(=N)N)nc2ccccc12. The van der Waals surface area contributed by atoms with Crippen molar-refractivity contribution in [2.75, 3.05) is 0 Å². The molecule has 0 atom stereocenters. The van der Waals surface area contributed by atoms with Crippen LogP contribution in [0.2, 0.25) is 5.02 Å². The summed E-state index contributed by atoms with van der Waals surface area (Å²) in [5.74, 6) is 0.528. The average Bonchev–Trinajstić information content (AvgIpc) is 2.32. The van der Waals surface area contributed by atoms with E-state index in [2.05, 4.69) is 4.98 Å². The first-order valence-electron chi connectivity index (χ1n) is 5.10. The van der Waals surface area contributed by atoms with Crippen LogP contribution in [-0.2, 0) is 5.75 Å². The minimum absolute atomic E-state index is 0.0775. The summed E-state index contributed by atoms with van der Waals surface area (Å²) in [5.41, 5.74) is 8.05. The maximum atomic E-state index is 7.20. The first-order chi connectivity index (χ1) is 8.09. The molecule has 1 aromatic heterocycles. The average molecular weight is 266 g/mol. The molecule has 3 N–H and O–H groups in total. The van der Waals surface area contributed by atoms with Crippen LogP contribution in [0.25, 0.3) is 10.9 Å². The van der Waals surface area contributed by atoms with E-state index < -0.39 is 0 Å². The number of aromatic nitrogens is 1. The lowest BCUT2D eigenvalue weighted by Crippen LogP contribution is -2.05. The van der Waals surface area contributed by atoms with Crippen LogP contribution >= 0.6 is 23.4 Å². The van der Waals surface area contributed by atoms with Gasteiger partial charge in [0.1, 0.15) is 0 Å². The van der Waals surface area contributed by atoms with Crippen LogP contribution in [0.5, 0.6) is 0 Å². The molecule has 0 amide bonds. The first-order valence-corrected chi connectivity index (χ1v) is 6.46. The maximum absolute atomic E-state index is 7.20. The van der Waals surface area contributed by atoms with Gasteiger partial charge in [-0.1, -0.05) is 41.6 Å². The molecule has 88 valence electrons. The summed E-state index contributed by atoms with van der Waals surface area (Å²) < 4.78 is 0. The Morgan fingerprint density at radius 1 is 1.47 bits per heavy atom. The van der Waals surface area contributed by atoms with E-state index in [1.54, 1.807) is 0 Å². The predicted octanol–water partition coefficient (Wildman–Crippen LogP) is 3.32. The summed E-state index contributed by atoms with van der Waals surface area (Å²) in [6, 6.07) is 7.88. The maximum Gasteiger partial charge on any atom is 0.151 e. The number of para-hydroxylation sites is 1. The van der Waals surface area contributed by atoms with Crippen LogP contribution in [-0.4, -0.2) is 10.2 Å². The molecule has 17 heavy (non-hydrogen) atoms. The number of aryl methyl sites for hydroxylation is 1. The molecule has 0 bridgehead atoms. The summed E-state index contributed by atoms with van der Waals surface area (Å²) in [6.45, 7) is 1.98. The molecule has 0 aliphatic rings. The molecule has 0 aliphatic heterocycles. The molecule has 0 fully saturated rings. The second-order valence-corrected chi connectivity index (χ2v) is 5.06. The Labute approximate surface area is 109 Å². The zero-order valence-corrected chi connectivity index (χ0v) is 10.9. The van der Waals surface area contributed by atoms with Gasteiger partial charge in [0, 0.05) is 11.1 Å². The van der Waals surface area contributed by atoms with Crippen LogP contribution in [0.1, 0.15) is 11.3 Å². The molecule has 5 heteroatoms. The van der Waals surface area contributed by atoms with E-state index in [9.17, 15) is 0 Å². The van der Waals surface area contributed by atoms with E-state index in [1.807, 2.05) is 31.2 Å². The number of fused-ring (bicyclic) bond motifs is 1. The van der Waals surface area contributed by atoms with Crippen LogP contribution in [0.15, 0.2) is 24.3 Å². The van der Waals surface area contributed by atoms with E-state index in [0.717, 1.165) is 22.2 Å². The van der Waals surface area contributed by atoms with E-state index in [-0.39, 0.29) is 5.17 Å². The number of amidine groups is 1. The standard InChI is InChI=1S/C12H12ClN3S/c1-7-8-4-2-3-5-9(8)16-10(11(7)13)6-17-12(14)15/h2-5H,6H2,1H3,(H3,14,15). The number of halogens is 1. The van der Waals surface area contributed by atoms with E-state index >= 15 is 0 Å². The van der Waals surface area contributed by atoms with Crippen molar-refractivity contribution >= 4 is 39.4 Å². The predicted molar refractivity (Wildman–Crippen MR) is 74.7 cm³/mol. The molecule has 0 saturated carbocycles. The van der Waals surface area contributed by atoms with Gasteiger partial charge in [0.15, 0.2) is 5.17 Å². The zero-order chi connectivity index (χ0) is 12.4. The monoisotopic (exact) mass is 265 g/mol. The fourth-order valence-corrected chi connectivity index (χ4v) is 2.45. The number of thioether (sulfide) groups is 1. The Bertz CT molecular complexity index is 583. The quantitative estimate of drug-likeness (QED) is 0.647. The summed E-state index contributed by atoms with van der Waals surface area (Å²) in [6.07, 6.45) is 0. The molecule has 0 saturated heterocycles.